The molecule has 0 aliphatic carbocycles. The van der Waals surface area contributed by atoms with Gasteiger partial charge in [-0.3, -0.25) is 9.79 Å². The lowest BCUT2D eigenvalue weighted by Crippen LogP contribution is -2.37. The average molecular weight is 409 g/mol. The molecule has 0 unspecified atom stereocenters. The van der Waals surface area contributed by atoms with Crippen molar-refractivity contribution >= 4 is 23.3 Å². The summed E-state index contributed by atoms with van der Waals surface area (Å²) in [6, 6.07) is 3.62. The van der Waals surface area contributed by atoms with Crippen molar-refractivity contribution in [3.8, 4) is 0 Å². The number of aryl methyl sites for hydroxylation is 1. The molecule has 8 nitrogen and oxygen atoms in total. The number of carbonyl (C=O) groups excluding carboxylic acids is 1. The fourth-order valence-corrected chi connectivity index (χ4v) is 3.31. The summed E-state index contributed by atoms with van der Waals surface area (Å²) in [7, 11) is 0. The van der Waals surface area contributed by atoms with Crippen molar-refractivity contribution in [2.45, 2.75) is 27.3 Å². The van der Waals surface area contributed by atoms with Crippen LogP contribution in [0.1, 0.15) is 24.0 Å². The van der Waals surface area contributed by atoms with Crippen LogP contribution in [0, 0.1) is 13.8 Å². The number of hydrogen-bond donors (Lipinski definition) is 1. The third-order valence-electron chi connectivity index (χ3n) is 4.88. The van der Waals surface area contributed by atoms with E-state index in [-0.39, 0.29) is 12.5 Å². The summed E-state index contributed by atoms with van der Waals surface area (Å²) in [6.07, 6.45) is 6.89. The van der Waals surface area contributed by atoms with Gasteiger partial charge in [0.2, 0.25) is 5.91 Å². The van der Waals surface area contributed by atoms with E-state index in [1.807, 2.05) is 37.5 Å². The Hall–Kier alpha value is -3.26. The maximum atomic E-state index is 12.6. The van der Waals surface area contributed by atoms with Gasteiger partial charge >= 0.3 is 0 Å². The molecule has 2 aromatic heterocycles. The van der Waals surface area contributed by atoms with Gasteiger partial charge in [0.25, 0.3) is 0 Å². The Bertz CT molecular complexity index is 953. The predicted octanol–water partition coefficient (Wildman–Crippen LogP) is 2.88. The lowest BCUT2D eigenvalue weighted by Gasteiger charge is -2.27. The van der Waals surface area contributed by atoms with Gasteiger partial charge < -0.3 is 19.5 Å². The number of hydrogen-bond acceptors (Lipinski definition) is 6. The van der Waals surface area contributed by atoms with Crippen LogP contribution in [0.25, 0.3) is 0 Å². The first-order valence-electron chi connectivity index (χ1n) is 9.97. The van der Waals surface area contributed by atoms with E-state index in [4.69, 9.17) is 4.74 Å². The molecule has 1 aliphatic heterocycles. The SMILES string of the molecule is C=CC(=N/C=C\C)c1ccc(NC(=O)Cn2c(C)nc(N3CCOCC3)c2C)nc1. The zero-order valence-electron chi connectivity index (χ0n) is 17.8. The number of aliphatic imine (C=N–C) groups is 1. The molecule has 1 N–H and O–H groups in total. The Kier molecular flexibility index (Phi) is 7.13. The fourth-order valence-electron chi connectivity index (χ4n) is 3.31. The molecule has 1 saturated heterocycles. The summed E-state index contributed by atoms with van der Waals surface area (Å²) in [5.41, 5.74) is 2.53. The quantitative estimate of drug-likeness (QED) is 0.712. The van der Waals surface area contributed by atoms with Crippen molar-refractivity contribution in [3.63, 3.8) is 0 Å². The smallest absolute Gasteiger partial charge is 0.245 e. The second-order valence-corrected chi connectivity index (χ2v) is 6.93. The van der Waals surface area contributed by atoms with Crippen LogP contribution in [0.3, 0.4) is 0 Å². The Balaban J connectivity index is 1.67. The molecule has 158 valence electrons. The number of imidazole rings is 1. The first-order valence-corrected chi connectivity index (χ1v) is 9.97. The van der Waals surface area contributed by atoms with Crippen LogP contribution in [0.2, 0.25) is 0 Å². The van der Waals surface area contributed by atoms with Gasteiger partial charge in [-0.1, -0.05) is 12.7 Å². The number of nitrogens with one attached hydrogen (secondary N) is 1. The van der Waals surface area contributed by atoms with Crippen LogP contribution in [-0.2, 0) is 16.1 Å². The topological polar surface area (TPSA) is 84.6 Å². The number of pyridine rings is 1. The molecule has 1 fully saturated rings. The minimum Gasteiger partial charge on any atom is -0.378 e. The summed E-state index contributed by atoms with van der Waals surface area (Å²) in [5, 5.41) is 2.85. The van der Waals surface area contributed by atoms with E-state index in [0.29, 0.717) is 19.0 Å². The predicted molar refractivity (Wildman–Crippen MR) is 119 cm³/mol. The zero-order valence-corrected chi connectivity index (χ0v) is 17.8. The molecule has 0 saturated carbocycles. The molecule has 0 bridgehead atoms. The fraction of sp³-hybridized carbons (Fsp3) is 0.364. The third kappa shape index (κ3) is 5.01. The Labute approximate surface area is 177 Å². The molecular formula is C22H28N6O2. The van der Waals surface area contributed by atoms with Gasteiger partial charge in [-0.15, -0.1) is 0 Å². The van der Waals surface area contributed by atoms with Crippen molar-refractivity contribution in [1.29, 1.82) is 0 Å². The van der Waals surface area contributed by atoms with E-state index in [9.17, 15) is 4.79 Å². The van der Waals surface area contributed by atoms with E-state index in [0.717, 1.165) is 41.7 Å². The highest BCUT2D eigenvalue weighted by atomic mass is 16.5. The van der Waals surface area contributed by atoms with Crippen LogP contribution >= 0.6 is 0 Å². The lowest BCUT2D eigenvalue weighted by molar-refractivity contribution is -0.116. The Morgan fingerprint density at radius 2 is 2.10 bits per heavy atom. The van der Waals surface area contributed by atoms with Gasteiger partial charge in [0, 0.05) is 31.0 Å². The second kappa shape index (κ2) is 9.98. The number of anilines is 2. The van der Waals surface area contributed by atoms with E-state index >= 15 is 0 Å². The monoisotopic (exact) mass is 408 g/mol. The Morgan fingerprint density at radius 1 is 1.33 bits per heavy atom. The van der Waals surface area contributed by atoms with Crippen LogP contribution in [0.15, 0.2) is 48.3 Å². The van der Waals surface area contributed by atoms with Crippen LogP contribution in [0.5, 0.6) is 0 Å². The summed E-state index contributed by atoms with van der Waals surface area (Å²) in [4.78, 5) is 28.1. The van der Waals surface area contributed by atoms with Crippen molar-refractivity contribution in [2.75, 3.05) is 36.5 Å². The van der Waals surface area contributed by atoms with Gasteiger partial charge in [-0.05, 0) is 39.0 Å². The molecule has 0 atom stereocenters. The average Bonchev–Trinajstić information content (AvgIpc) is 3.04. The van der Waals surface area contributed by atoms with Crippen molar-refractivity contribution in [2.24, 2.45) is 4.99 Å². The van der Waals surface area contributed by atoms with Crippen LogP contribution in [-0.4, -0.2) is 52.5 Å². The van der Waals surface area contributed by atoms with E-state index in [2.05, 4.69) is 31.8 Å². The molecule has 3 rings (SSSR count). The van der Waals surface area contributed by atoms with Gasteiger partial charge in [-0.25, -0.2) is 9.97 Å². The lowest BCUT2D eigenvalue weighted by atomic mass is 10.2. The van der Waals surface area contributed by atoms with E-state index in [1.54, 1.807) is 24.5 Å². The second-order valence-electron chi connectivity index (χ2n) is 6.93. The van der Waals surface area contributed by atoms with E-state index in [1.165, 1.54) is 0 Å². The molecule has 0 radical (unpaired) electrons. The third-order valence-corrected chi connectivity index (χ3v) is 4.88. The molecular weight excluding hydrogens is 380 g/mol. The number of aromatic nitrogens is 3. The maximum absolute atomic E-state index is 12.6. The van der Waals surface area contributed by atoms with Gasteiger partial charge in [0.15, 0.2) is 0 Å². The highest BCUT2D eigenvalue weighted by Crippen LogP contribution is 2.21. The molecule has 1 amide bonds. The molecule has 0 spiro atoms. The summed E-state index contributed by atoms with van der Waals surface area (Å²) in [6.45, 7) is 12.8. The molecule has 2 aromatic rings. The molecule has 0 aromatic carbocycles. The van der Waals surface area contributed by atoms with Gasteiger partial charge in [0.1, 0.15) is 24.0 Å². The maximum Gasteiger partial charge on any atom is 0.245 e. The number of carbonyl (C=O) groups is 1. The number of morpholine rings is 1. The highest BCUT2D eigenvalue weighted by molar-refractivity contribution is 6.08. The summed E-state index contributed by atoms with van der Waals surface area (Å²) >= 11 is 0. The van der Waals surface area contributed by atoms with Crippen molar-refractivity contribution in [3.05, 3.63) is 60.3 Å². The van der Waals surface area contributed by atoms with Crippen molar-refractivity contribution < 1.29 is 9.53 Å². The number of nitrogens with zero attached hydrogens (tertiary/aromatic N) is 5. The number of rotatable bonds is 7. The van der Waals surface area contributed by atoms with Crippen LogP contribution < -0.4 is 10.2 Å². The number of allylic oxidation sites excluding steroid dienone is 2. The number of amides is 1. The van der Waals surface area contributed by atoms with Crippen LogP contribution in [0.4, 0.5) is 11.6 Å². The minimum atomic E-state index is -0.154. The largest absolute Gasteiger partial charge is 0.378 e. The Morgan fingerprint density at radius 3 is 2.73 bits per heavy atom. The zero-order chi connectivity index (χ0) is 21.5. The van der Waals surface area contributed by atoms with Gasteiger partial charge in [-0.2, -0.15) is 0 Å². The normalized spacial score (nSPS) is 14.9. The summed E-state index contributed by atoms with van der Waals surface area (Å²) < 4.78 is 7.34. The van der Waals surface area contributed by atoms with E-state index < -0.39 is 0 Å². The first kappa shape index (κ1) is 21.4. The number of ether oxygens (including phenoxy) is 1. The molecule has 3 heterocycles. The molecule has 8 heteroatoms. The summed E-state index contributed by atoms with van der Waals surface area (Å²) in [5.74, 6) is 2.06. The van der Waals surface area contributed by atoms with Crippen molar-refractivity contribution in [1.82, 2.24) is 14.5 Å². The standard InChI is InChI=1S/C22H28N6O2/c1-5-9-23-19(6-2)18-7-8-20(24-14-18)26-21(29)15-28-16(3)22(25-17(28)4)27-10-12-30-13-11-27/h5-9,14H,2,10-13,15H2,1,3-4H3,(H,24,26,29)/b9-5-,23-19?. The highest BCUT2D eigenvalue weighted by Gasteiger charge is 2.20. The van der Waals surface area contributed by atoms with Gasteiger partial charge in [0.05, 0.1) is 24.6 Å². The molecule has 1 aliphatic rings. The first-order chi connectivity index (χ1) is 14.5. The molecule has 30 heavy (non-hydrogen) atoms. The minimum absolute atomic E-state index is 0.154.